The van der Waals surface area contributed by atoms with Gasteiger partial charge in [0.15, 0.2) is 11.6 Å². The zero-order chi connectivity index (χ0) is 25.5. The third kappa shape index (κ3) is 5.96. The highest BCUT2D eigenvalue weighted by Gasteiger charge is 2.16. The second-order valence-electron chi connectivity index (χ2n) is 7.43. The second kappa shape index (κ2) is 11.2. The molecule has 0 aliphatic heterocycles. The van der Waals surface area contributed by atoms with E-state index < -0.39 is 22.4 Å². The van der Waals surface area contributed by atoms with Gasteiger partial charge in [0.25, 0.3) is 5.69 Å². The van der Waals surface area contributed by atoms with Crippen LogP contribution in [0.4, 0.5) is 18.9 Å². The van der Waals surface area contributed by atoms with Gasteiger partial charge >= 0.3 is 0 Å². The quantitative estimate of drug-likeness (QED) is 0.171. The van der Waals surface area contributed by atoms with Crippen LogP contribution in [0.3, 0.4) is 0 Å². The molecule has 0 aliphatic rings. The smallest absolute Gasteiger partial charge is 0.258 e. The molecule has 4 rings (SSSR count). The lowest BCUT2D eigenvalue weighted by Crippen LogP contribution is -1.93. The first kappa shape index (κ1) is 25.3. The lowest BCUT2D eigenvalue weighted by Gasteiger charge is -2.05. The predicted molar refractivity (Wildman–Crippen MR) is 132 cm³/mol. The van der Waals surface area contributed by atoms with Crippen molar-refractivity contribution in [1.82, 2.24) is 0 Å². The van der Waals surface area contributed by atoms with Gasteiger partial charge < -0.3 is 0 Å². The fourth-order valence-corrected chi connectivity index (χ4v) is 3.35. The Balaban J connectivity index is 0.00000167. The van der Waals surface area contributed by atoms with Crippen molar-refractivity contribution in [3.05, 3.63) is 123 Å². The van der Waals surface area contributed by atoms with Crippen LogP contribution in [0.25, 0.3) is 22.3 Å². The molecule has 3 nitrogen and oxygen atoms in total. The predicted octanol–water partition coefficient (Wildman–Crippen LogP) is 8.08. The standard InChI is InChI=1S/C27H16F3NO2.C2H6/c1-17-2-6-19(7-3-17)23-12-5-18(14-27(23)31(32)33)4-8-20-9-10-21(15-25(20)29)22-11-13-24(28)26(30)16-22;1-2/h2-3,5-7,9-16H,1H3;1-2H3. The van der Waals surface area contributed by atoms with E-state index in [2.05, 4.69) is 11.8 Å². The zero-order valence-corrected chi connectivity index (χ0v) is 19.4. The molecule has 0 saturated heterocycles. The summed E-state index contributed by atoms with van der Waals surface area (Å²) in [6.07, 6.45) is 0. The van der Waals surface area contributed by atoms with Crippen LogP contribution in [-0.2, 0) is 0 Å². The van der Waals surface area contributed by atoms with Crippen molar-refractivity contribution in [1.29, 1.82) is 0 Å². The fraction of sp³-hybridized carbons (Fsp3) is 0.103. The van der Waals surface area contributed by atoms with E-state index in [9.17, 15) is 23.3 Å². The average Bonchev–Trinajstić information content (AvgIpc) is 2.86. The molecule has 0 bridgehead atoms. The van der Waals surface area contributed by atoms with E-state index in [-0.39, 0.29) is 11.3 Å². The Bertz CT molecular complexity index is 1430. The molecule has 6 heteroatoms. The highest BCUT2D eigenvalue weighted by molar-refractivity contribution is 5.75. The number of nitrogens with zero attached hydrogens (tertiary/aromatic N) is 1. The van der Waals surface area contributed by atoms with Gasteiger partial charge in [-0.3, -0.25) is 10.1 Å². The summed E-state index contributed by atoms with van der Waals surface area (Å²) in [4.78, 5) is 11.1. The minimum absolute atomic E-state index is 0.0756. The number of rotatable bonds is 3. The van der Waals surface area contributed by atoms with Gasteiger partial charge in [0.2, 0.25) is 0 Å². The molecule has 0 spiro atoms. The SMILES string of the molecule is CC.Cc1ccc(-c2ccc(C#Cc3ccc(-c4ccc(F)c(F)c4)cc3F)cc2[N+](=O)[O-])cc1. The number of nitro benzene ring substituents is 1. The van der Waals surface area contributed by atoms with Gasteiger partial charge in [-0.15, -0.1) is 0 Å². The first-order valence-electron chi connectivity index (χ1n) is 10.9. The summed E-state index contributed by atoms with van der Waals surface area (Å²) in [6.45, 7) is 5.93. The summed E-state index contributed by atoms with van der Waals surface area (Å²) in [5, 5.41) is 11.6. The Labute approximate surface area is 202 Å². The molecule has 0 amide bonds. The van der Waals surface area contributed by atoms with Crippen LogP contribution in [0.2, 0.25) is 0 Å². The molecule has 0 saturated carbocycles. The Kier molecular flexibility index (Phi) is 8.06. The van der Waals surface area contributed by atoms with Crippen molar-refractivity contribution in [2.24, 2.45) is 0 Å². The molecule has 0 heterocycles. The molecule has 4 aromatic carbocycles. The van der Waals surface area contributed by atoms with Gasteiger partial charge in [-0.25, -0.2) is 13.2 Å². The van der Waals surface area contributed by atoms with Gasteiger partial charge in [0.05, 0.1) is 16.1 Å². The van der Waals surface area contributed by atoms with E-state index in [0.717, 1.165) is 17.7 Å². The minimum Gasteiger partial charge on any atom is -0.258 e. The average molecular weight is 473 g/mol. The van der Waals surface area contributed by atoms with Crippen LogP contribution in [0.15, 0.2) is 78.9 Å². The number of hydrogen-bond donors (Lipinski definition) is 0. The molecule has 0 fully saturated rings. The molecule has 0 aromatic heterocycles. The fourth-order valence-electron chi connectivity index (χ4n) is 3.35. The Morgan fingerprint density at radius 2 is 1.29 bits per heavy atom. The van der Waals surface area contributed by atoms with Crippen molar-refractivity contribution < 1.29 is 18.1 Å². The van der Waals surface area contributed by atoms with Crippen LogP contribution < -0.4 is 0 Å². The van der Waals surface area contributed by atoms with E-state index in [0.29, 0.717) is 27.8 Å². The Morgan fingerprint density at radius 3 is 1.89 bits per heavy atom. The molecule has 0 aliphatic carbocycles. The Morgan fingerprint density at radius 1 is 0.686 bits per heavy atom. The first-order chi connectivity index (χ1) is 16.8. The lowest BCUT2D eigenvalue weighted by atomic mass is 10.0. The lowest BCUT2D eigenvalue weighted by molar-refractivity contribution is -0.384. The van der Waals surface area contributed by atoms with Crippen molar-refractivity contribution >= 4 is 5.69 Å². The molecule has 0 atom stereocenters. The van der Waals surface area contributed by atoms with Gasteiger partial charge in [-0.1, -0.05) is 67.6 Å². The van der Waals surface area contributed by atoms with E-state index in [1.165, 1.54) is 24.3 Å². The highest BCUT2D eigenvalue weighted by atomic mass is 19.2. The van der Waals surface area contributed by atoms with Crippen LogP contribution >= 0.6 is 0 Å². The van der Waals surface area contributed by atoms with E-state index >= 15 is 0 Å². The molecule has 4 aromatic rings. The maximum Gasteiger partial charge on any atom is 0.278 e. The van der Waals surface area contributed by atoms with Crippen LogP contribution in [-0.4, -0.2) is 4.92 Å². The van der Waals surface area contributed by atoms with Gasteiger partial charge in [-0.05, 0) is 60.0 Å². The normalized spacial score (nSPS) is 10.0. The van der Waals surface area contributed by atoms with Crippen molar-refractivity contribution in [2.75, 3.05) is 0 Å². The molecular formula is C29H22F3NO2. The highest BCUT2D eigenvalue weighted by Crippen LogP contribution is 2.31. The maximum absolute atomic E-state index is 14.6. The Hall–Kier alpha value is -4.37. The number of hydrogen-bond acceptors (Lipinski definition) is 2. The number of aryl methyl sites for hydroxylation is 1. The monoisotopic (exact) mass is 473 g/mol. The van der Waals surface area contributed by atoms with Crippen LogP contribution in [0.5, 0.6) is 0 Å². The van der Waals surface area contributed by atoms with Crippen molar-refractivity contribution in [3.63, 3.8) is 0 Å². The summed E-state index contributed by atoms with van der Waals surface area (Å²) in [5.74, 6) is 2.79. The molecule has 0 unspecified atom stereocenters. The van der Waals surface area contributed by atoms with E-state index in [1.807, 2.05) is 45.0 Å². The maximum atomic E-state index is 14.6. The third-order valence-electron chi connectivity index (χ3n) is 5.12. The summed E-state index contributed by atoms with van der Waals surface area (Å²) in [7, 11) is 0. The molecular weight excluding hydrogens is 451 g/mol. The summed E-state index contributed by atoms with van der Waals surface area (Å²) in [6, 6.07) is 19.5. The number of benzene rings is 4. The topological polar surface area (TPSA) is 43.1 Å². The minimum atomic E-state index is -1.02. The van der Waals surface area contributed by atoms with Gasteiger partial charge in [-0.2, -0.15) is 0 Å². The van der Waals surface area contributed by atoms with Crippen molar-refractivity contribution in [3.8, 4) is 34.1 Å². The summed E-state index contributed by atoms with van der Waals surface area (Å²) in [5.41, 5.74) is 3.26. The first-order valence-corrected chi connectivity index (χ1v) is 10.9. The van der Waals surface area contributed by atoms with E-state index in [1.54, 1.807) is 18.2 Å². The van der Waals surface area contributed by atoms with Crippen molar-refractivity contribution in [2.45, 2.75) is 20.8 Å². The van der Waals surface area contributed by atoms with E-state index in [4.69, 9.17) is 0 Å². The van der Waals surface area contributed by atoms with Gasteiger partial charge in [0, 0.05) is 11.6 Å². The van der Waals surface area contributed by atoms with Crippen LogP contribution in [0.1, 0.15) is 30.5 Å². The summed E-state index contributed by atoms with van der Waals surface area (Å²) >= 11 is 0. The molecule has 0 radical (unpaired) electrons. The molecule has 0 N–H and O–H groups in total. The zero-order valence-electron chi connectivity index (χ0n) is 19.4. The van der Waals surface area contributed by atoms with Crippen LogP contribution in [0, 0.1) is 46.3 Å². The second-order valence-corrected chi connectivity index (χ2v) is 7.43. The largest absolute Gasteiger partial charge is 0.278 e. The summed E-state index contributed by atoms with van der Waals surface area (Å²) < 4.78 is 41.1. The third-order valence-corrected chi connectivity index (χ3v) is 5.12. The molecule has 35 heavy (non-hydrogen) atoms. The van der Waals surface area contributed by atoms with Gasteiger partial charge in [0.1, 0.15) is 5.82 Å². The number of halogens is 3. The number of nitro groups is 1. The molecule has 176 valence electrons.